The van der Waals surface area contributed by atoms with Gasteiger partial charge in [0, 0.05) is 11.1 Å². The Labute approximate surface area is 219 Å². The molecule has 0 spiro atoms. The first-order valence-corrected chi connectivity index (χ1v) is 18.9. The summed E-state index contributed by atoms with van der Waals surface area (Å²) >= 11 is 0. The van der Waals surface area contributed by atoms with Crippen LogP contribution in [0.1, 0.15) is 51.4 Å². The van der Waals surface area contributed by atoms with Gasteiger partial charge < -0.3 is 4.43 Å². The molecule has 0 bridgehead atoms. The van der Waals surface area contributed by atoms with E-state index in [4.69, 9.17) is 4.43 Å². The molecule has 0 amide bonds. The number of benzene rings is 4. The third-order valence-corrected chi connectivity index (χ3v) is 12.5. The summed E-state index contributed by atoms with van der Waals surface area (Å²) in [5.41, 5.74) is 4.56. The average Bonchev–Trinajstić information content (AvgIpc) is 3.59. The predicted molar refractivity (Wildman–Crippen MR) is 162 cm³/mol. The minimum absolute atomic E-state index is 0.221. The number of fused-ring (bicyclic) bond motifs is 2. The van der Waals surface area contributed by atoms with Crippen LogP contribution in [-0.4, -0.2) is 19.6 Å². The SMILES string of the molecule is C[Si](C)(C)Oc1ccc2ccccc2c1-c1c(P(C2CCCC2)C2CCCC2)ccc2ccccc12. The average molecular weight is 511 g/mol. The smallest absolute Gasteiger partial charge is 0.242 e. The number of rotatable bonds is 6. The summed E-state index contributed by atoms with van der Waals surface area (Å²) in [5, 5.41) is 7.03. The predicted octanol–water partition coefficient (Wildman–Crippen LogP) is 9.87. The van der Waals surface area contributed by atoms with Gasteiger partial charge in [0.05, 0.1) is 0 Å². The molecule has 0 unspecified atom stereocenters. The zero-order valence-corrected chi connectivity index (χ0v) is 24.0. The molecule has 0 N–H and O–H groups in total. The second-order valence-electron chi connectivity index (χ2n) is 11.8. The van der Waals surface area contributed by atoms with E-state index in [2.05, 4.69) is 92.4 Å². The molecule has 2 aliphatic carbocycles. The van der Waals surface area contributed by atoms with E-state index >= 15 is 0 Å². The molecule has 0 aromatic heterocycles. The van der Waals surface area contributed by atoms with Crippen LogP contribution in [0.25, 0.3) is 32.7 Å². The van der Waals surface area contributed by atoms with Crippen LogP contribution in [0.3, 0.4) is 0 Å². The Kier molecular flexibility index (Phi) is 6.69. The van der Waals surface area contributed by atoms with Crippen molar-refractivity contribution in [1.82, 2.24) is 0 Å². The number of hydrogen-bond donors (Lipinski definition) is 0. The van der Waals surface area contributed by atoms with Gasteiger partial charge in [0.25, 0.3) is 0 Å². The normalized spacial score (nSPS) is 17.6. The zero-order chi connectivity index (χ0) is 24.7. The van der Waals surface area contributed by atoms with Crippen LogP contribution in [0.4, 0.5) is 0 Å². The highest BCUT2D eigenvalue weighted by molar-refractivity contribution is 7.67. The molecule has 2 saturated carbocycles. The van der Waals surface area contributed by atoms with Crippen molar-refractivity contribution in [1.29, 1.82) is 0 Å². The van der Waals surface area contributed by atoms with E-state index in [1.807, 2.05) is 0 Å². The molecule has 0 radical (unpaired) electrons. The molecule has 36 heavy (non-hydrogen) atoms. The lowest BCUT2D eigenvalue weighted by molar-refractivity contribution is 0.560. The summed E-state index contributed by atoms with van der Waals surface area (Å²) in [6.45, 7) is 6.92. The van der Waals surface area contributed by atoms with Crippen molar-refractivity contribution >= 4 is 43.1 Å². The van der Waals surface area contributed by atoms with Crippen LogP contribution in [0.2, 0.25) is 19.6 Å². The van der Waals surface area contributed by atoms with Crippen LogP contribution in [0.15, 0.2) is 72.8 Å². The Balaban J connectivity index is 1.68. The van der Waals surface area contributed by atoms with Gasteiger partial charge in [0.1, 0.15) is 5.75 Å². The van der Waals surface area contributed by atoms with Crippen LogP contribution >= 0.6 is 7.92 Å². The molecule has 4 aromatic carbocycles. The van der Waals surface area contributed by atoms with Gasteiger partial charge >= 0.3 is 0 Å². The van der Waals surface area contributed by atoms with Gasteiger partial charge in [0.2, 0.25) is 8.32 Å². The number of hydrogen-bond acceptors (Lipinski definition) is 1. The molecule has 2 fully saturated rings. The summed E-state index contributed by atoms with van der Waals surface area (Å²) in [6.07, 6.45) is 11.3. The van der Waals surface area contributed by atoms with E-state index in [9.17, 15) is 0 Å². The van der Waals surface area contributed by atoms with Crippen molar-refractivity contribution in [2.45, 2.75) is 82.3 Å². The van der Waals surface area contributed by atoms with E-state index in [1.54, 1.807) is 5.30 Å². The lowest BCUT2D eigenvalue weighted by atomic mass is 9.93. The van der Waals surface area contributed by atoms with Gasteiger partial charge in [0.15, 0.2) is 0 Å². The first-order chi connectivity index (χ1) is 17.5. The highest BCUT2D eigenvalue weighted by Crippen LogP contribution is 2.58. The lowest BCUT2D eigenvalue weighted by Crippen LogP contribution is -2.29. The van der Waals surface area contributed by atoms with E-state index in [0.29, 0.717) is 0 Å². The first-order valence-electron chi connectivity index (χ1n) is 14.0. The Morgan fingerprint density at radius 3 is 1.67 bits per heavy atom. The highest BCUT2D eigenvalue weighted by Gasteiger charge is 2.36. The summed E-state index contributed by atoms with van der Waals surface area (Å²) in [7, 11) is -2.03. The fourth-order valence-corrected chi connectivity index (χ4v) is 11.5. The van der Waals surface area contributed by atoms with Crippen LogP contribution in [-0.2, 0) is 0 Å². The van der Waals surface area contributed by atoms with Crippen molar-refractivity contribution < 1.29 is 4.43 Å². The van der Waals surface area contributed by atoms with Crippen LogP contribution < -0.4 is 9.73 Å². The molecule has 4 aromatic rings. The molecule has 0 aliphatic heterocycles. The Morgan fingerprint density at radius 1 is 0.611 bits per heavy atom. The maximum absolute atomic E-state index is 6.88. The van der Waals surface area contributed by atoms with Gasteiger partial charge in [-0.05, 0) is 89.6 Å². The van der Waals surface area contributed by atoms with Crippen molar-refractivity contribution in [3.8, 4) is 16.9 Å². The van der Waals surface area contributed by atoms with Crippen LogP contribution in [0, 0.1) is 0 Å². The largest absolute Gasteiger partial charge is 0.544 e. The van der Waals surface area contributed by atoms with Crippen molar-refractivity contribution in [2.24, 2.45) is 0 Å². The van der Waals surface area contributed by atoms with E-state index in [1.165, 1.54) is 84.0 Å². The fraction of sp³-hybridized carbons (Fsp3) is 0.394. The zero-order valence-electron chi connectivity index (χ0n) is 22.1. The topological polar surface area (TPSA) is 9.23 Å². The maximum atomic E-state index is 6.88. The van der Waals surface area contributed by atoms with Gasteiger partial charge in [-0.1, -0.05) is 100 Å². The fourth-order valence-electron chi connectivity index (χ4n) is 6.72. The van der Waals surface area contributed by atoms with Crippen molar-refractivity contribution in [3.05, 3.63) is 72.8 Å². The van der Waals surface area contributed by atoms with Crippen LogP contribution in [0.5, 0.6) is 5.75 Å². The second kappa shape index (κ2) is 9.96. The van der Waals surface area contributed by atoms with E-state index < -0.39 is 8.32 Å². The minimum atomic E-state index is -1.81. The highest BCUT2D eigenvalue weighted by atomic mass is 31.1. The summed E-state index contributed by atoms with van der Waals surface area (Å²) < 4.78 is 6.88. The molecule has 186 valence electrons. The first kappa shape index (κ1) is 24.2. The minimum Gasteiger partial charge on any atom is -0.544 e. The molecular formula is C33H39OPSi. The van der Waals surface area contributed by atoms with E-state index in [-0.39, 0.29) is 7.92 Å². The Bertz CT molecular complexity index is 1360. The second-order valence-corrected chi connectivity index (χ2v) is 19.0. The summed E-state index contributed by atoms with van der Waals surface area (Å²) in [5.74, 6) is 1.08. The van der Waals surface area contributed by atoms with Gasteiger partial charge in [-0.15, -0.1) is 0 Å². The Hall–Kier alpha value is -2.15. The standard InChI is InChI=1S/C33H39OPSi/c1-36(2,3)34-30-22-20-24-12-4-10-18-28(24)32(30)33-29-19-11-5-13-25(29)21-23-31(33)35(26-14-6-7-15-26)27-16-8-9-17-27/h4-5,10-13,18-23,26-27H,6-9,14-17H2,1-3H3. The molecule has 2 aliphatic rings. The third kappa shape index (κ3) is 4.64. The lowest BCUT2D eigenvalue weighted by Gasteiger charge is -2.34. The monoisotopic (exact) mass is 510 g/mol. The summed E-state index contributed by atoms with van der Waals surface area (Å²) in [6, 6.07) is 27.5. The molecule has 1 nitrogen and oxygen atoms in total. The van der Waals surface area contributed by atoms with Gasteiger partial charge in [-0.25, -0.2) is 0 Å². The third-order valence-electron chi connectivity index (χ3n) is 8.18. The Morgan fingerprint density at radius 2 is 1.11 bits per heavy atom. The molecular weight excluding hydrogens is 471 g/mol. The quantitative estimate of drug-likeness (QED) is 0.185. The molecule has 0 atom stereocenters. The molecule has 0 saturated heterocycles. The molecule has 6 rings (SSSR count). The summed E-state index contributed by atoms with van der Waals surface area (Å²) in [4.78, 5) is 0. The van der Waals surface area contributed by atoms with Gasteiger partial charge in [-0.3, -0.25) is 0 Å². The van der Waals surface area contributed by atoms with Gasteiger partial charge in [-0.2, -0.15) is 0 Å². The van der Waals surface area contributed by atoms with Crippen molar-refractivity contribution in [2.75, 3.05) is 0 Å². The molecule has 3 heteroatoms. The van der Waals surface area contributed by atoms with Crippen molar-refractivity contribution in [3.63, 3.8) is 0 Å². The van der Waals surface area contributed by atoms with E-state index in [0.717, 1.165) is 17.1 Å². The maximum Gasteiger partial charge on any atom is 0.242 e. The molecule has 0 heterocycles.